The minimum absolute atomic E-state index is 0.00377. The summed E-state index contributed by atoms with van der Waals surface area (Å²) in [5.41, 5.74) is 0. The van der Waals surface area contributed by atoms with E-state index in [0.717, 1.165) is 25.9 Å². The van der Waals surface area contributed by atoms with E-state index in [1.54, 1.807) is 0 Å². The van der Waals surface area contributed by atoms with Gasteiger partial charge in [0.1, 0.15) is 5.38 Å². The van der Waals surface area contributed by atoms with Crippen molar-refractivity contribution in [3.05, 3.63) is 0 Å². The van der Waals surface area contributed by atoms with Gasteiger partial charge in [0.05, 0.1) is 6.61 Å². The van der Waals surface area contributed by atoms with Crippen LogP contribution in [0.25, 0.3) is 0 Å². The van der Waals surface area contributed by atoms with Crippen LogP contribution in [0, 0.1) is 5.92 Å². The number of hydrogen-bond acceptors (Lipinski definition) is 2. The van der Waals surface area contributed by atoms with Crippen LogP contribution in [-0.2, 0) is 9.53 Å². The second-order valence-electron chi connectivity index (χ2n) is 4.87. The second-order valence-corrected chi connectivity index (χ2v) is 5.34. The Kier molecular flexibility index (Phi) is 4.47. The van der Waals surface area contributed by atoms with Gasteiger partial charge in [-0.15, -0.1) is 11.6 Å². The number of amides is 1. The standard InChI is InChI=1S/C12H20ClNO2/c13-11(9-6-7-16-8-9)12(15)14-10-4-2-1-3-5-10/h9-11H,1-8H2,(H,14,15). The number of carbonyl (C=O) groups is 1. The summed E-state index contributed by atoms with van der Waals surface area (Å²) >= 11 is 6.16. The van der Waals surface area contributed by atoms with E-state index in [0.29, 0.717) is 12.6 Å². The third kappa shape index (κ3) is 3.11. The molecule has 1 aliphatic heterocycles. The Bertz CT molecular complexity index is 235. The number of halogens is 1. The summed E-state index contributed by atoms with van der Waals surface area (Å²) in [4.78, 5) is 11.9. The molecule has 3 nitrogen and oxygen atoms in total. The molecule has 2 aliphatic rings. The van der Waals surface area contributed by atoms with Crippen molar-refractivity contribution in [1.29, 1.82) is 0 Å². The van der Waals surface area contributed by atoms with E-state index in [2.05, 4.69) is 5.32 Å². The summed E-state index contributed by atoms with van der Waals surface area (Å²) in [7, 11) is 0. The Morgan fingerprint density at radius 2 is 2.00 bits per heavy atom. The first kappa shape index (κ1) is 12.2. The molecule has 2 atom stereocenters. The lowest BCUT2D eigenvalue weighted by Crippen LogP contribution is -2.43. The smallest absolute Gasteiger partial charge is 0.238 e. The zero-order valence-corrected chi connectivity index (χ0v) is 10.3. The number of ether oxygens (including phenoxy) is 1. The SMILES string of the molecule is O=C(NC1CCCCC1)C(Cl)C1CCOC1. The van der Waals surface area contributed by atoms with Gasteiger partial charge in [0, 0.05) is 18.6 Å². The van der Waals surface area contributed by atoms with Gasteiger partial charge in [-0.3, -0.25) is 4.79 Å². The van der Waals surface area contributed by atoms with Gasteiger partial charge in [-0.2, -0.15) is 0 Å². The molecule has 0 spiro atoms. The molecule has 0 aromatic carbocycles. The Balaban J connectivity index is 1.77. The maximum absolute atomic E-state index is 11.9. The van der Waals surface area contributed by atoms with Crippen molar-refractivity contribution < 1.29 is 9.53 Å². The van der Waals surface area contributed by atoms with Crippen LogP contribution in [0.5, 0.6) is 0 Å². The van der Waals surface area contributed by atoms with Crippen molar-refractivity contribution >= 4 is 17.5 Å². The highest BCUT2D eigenvalue weighted by atomic mass is 35.5. The van der Waals surface area contributed by atoms with Crippen molar-refractivity contribution in [1.82, 2.24) is 5.32 Å². The topological polar surface area (TPSA) is 38.3 Å². The zero-order valence-electron chi connectivity index (χ0n) is 9.58. The molecule has 4 heteroatoms. The maximum atomic E-state index is 11.9. The molecule has 0 aromatic heterocycles. The minimum atomic E-state index is -0.413. The fraction of sp³-hybridized carbons (Fsp3) is 0.917. The van der Waals surface area contributed by atoms with Crippen molar-refractivity contribution in [3.8, 4) is 0 Å². The molecule has 2 unspecified atom stereocenters. The van der Waals surface area contributed by atoms with Crippen LogP contribution in [0.1, 0.15) is 38.5 Å². The molecule has 1 aliphatic carbocycles. The molecular weight excluding hydrogens is 226 g/mol. The lowest BCUT2D eigenvalue weighted by molar-refractivity contribution is -0.122. The molecule has 0 radical (unpaired) electrons. The predicted octanol–water partition coefficient (Wildman–Crippen LogP) is 2.08. The lowest BCUT2D eigenvalue weighted by atomic mass is 9.95. The molecule has 1 heterocycles. The summed E-state index contributed by atoms with van der Waals surface area (Å²) < 4.78 is 5.25. The van der Waals surface area contributed by atoms with Gasteiger partial charge in [-0.05, 0) is 19.3 Å². The Hall–Kier alpha value is -0.280. The minimum Gasteiger partial charge on any atom is -0.381 e. The molecule has 16 heavy (non-hydrogen) atoms. The van der Waals surface area contributed by atoms with Crippen LogP contribution < -0.4 is 5.32 Å². The third-order valence-electron chi connectivity index (χ3n) is 3.58. The first-order chi connectivity index (χ1) is 7.77. The normalized spacial score (nSPS) is 28.9. The van der Waals surface area contributed by atoms with E-state index in [-0.39, 0.29) is 11.8 Å². The van der Waals surface area contributed by atoms with Gasteiger partial charge >= 0.3 is 0 Å². The van der Waals surface area contributed by atoms with E-state index >= 15 is 0 Å². The Labute approximate surface area is 102 Å². The third-order valence-corrected chi connectivity index (χ3v) is 4.14. The molecule has 2 fully saturated rings. The van der Waals surface area contributed by atoms with Gasteiger partial charge in [0.25, 0.3) is 0 Å². The van der Waals surface area contributed by atoms with Gasteiger partial charge in [-0.1, -0.05) is 19.3 Å². The first-order valence-electron chi connectivity index (χ1n) is 6.29. The largest absolute Gasteiger partial charge is 0.381 e. The monoisotopic (exact) mass is 245 g/mol. The quantitative estimate of drug-likeness (QED) is 0.774. The lowest BCUT2D eigenvalue weighted by Gasteiger charge is -2.25. The summed E-state index contributed by atoms with van der Waals surface area (Å²) in [6, 6.07) is 0.352. The molecule has 0 bridgehead atoms. The highest BCUT2D eigenvalue weighted by molar-refractivity contribution is 6.31. The fourth-order valence-electron chi connectivity index (χ4n) is 2.53. The molecular formula is C12H20ClNO2. The highest BCUT2D eigenvalue weighted by Crippen LogP contribution is 2.23. The average molecular weight is 246 g/mol. The molecule has 92 valence electrons. The summed E-state index contributed by atoms with van der Waals surface area (Å²) in [6.07, 6.45) is 6.88. The predicted molar refractivity (Wildman–Crippen MR) is 63.6 cm³/mol. The van der Waals surface area contributed by atoms with Crippen LogP contribution in [0.4, 0.5) is 0 Å². The van der Waals surface area contributed by atoms with E-state index in [1.807, 2.05) is 0 Å². The van der Waals surface area contributed by atoms with Crippen LogP contribution in [0.2, 0.25) is 0 Å². The van der Waals surface area contributed by atoms with Crippen LogP contribution >= 0.6 is 11.6 Å². The molecule has 1 N–H and O–H groups in total. The number of hydrogen-bond donors (Lipinski definition) is 1. The van der Waals surface area contributed by atoms with Gasteiger partial charge in [0.2, 0.25) is 5.91 Å². The highest BCUT2D eigenvalue weighted by Gasteiger charge is 2.30. The molecule has 1 saturated carbocycles. The Morgan fingerprint density at radius 3 is 2.62 bits per heavy atom. The number of nitrogens with one attached hydrogen (secondary N) is 1. The van der Waals surface area contributed by atoms with Crippen LogP contribution in [0.3, 0.4) is 0 Å². The molecule has 2 rings (SSSR count). The van der Waals surface area contributed by atoms with Crippen LogP contribution in [-0.4, -0.2) is 30.5 Å². The summed E-state index contributed by atoms with van der Waals surface area (Å²) in [5.74, 6) is 0.203. The zero-order chi connectivity index (χ0) is 11.4. The van der Waals surface area contributed by atoms with E-state index < -0.39 is 5.38 Å². The molecule has 1 saturated heterocycles. The van der Waals surface area contributed by atoms with Gasteiger partial charge in [-0.25, -0.2) is 0 Å². The number of alkyl halides is 1. The summed E-state index contributed by atoms with van der Waals surface area (Å²) in [6.45, 7) is 1.37. The van der Waals surface area contributed by atoms with Crippen molar-refractivity contribution in [2.75, 3.05) is 13.2 Å². The Morgan fingerprint density at radius 1 is 1.25 bits per heavy atom. The van der Waals surface area contributed by atoms with E-state index in [1.165, 1.54) is 19.3 Å². The second kappa shape index (κ2) is 5.87. The van der Waals surface area contributed by atoms with Crippen molar-refractivity contribution in [2.24, 2.45) is 5.92 Å². The maximum Gasteiger partial charge on any atom is 0.238 e. The fourth-order valence-corrected chi connectivity index (χ4v) is 2.79. The summed E-state index contributed by atoms with van der Waals surface area (Å²) in [5, 5.41) is 2.66. The number of rotatable bonds is 3. The molecule has 0 aromatic rings. The molecule has 1 amide bonds. The van der Waals surface area contributed by atoms with Crippen LogP contribution in [0.15, 0.2) is 0 Å². The van der Waals surface area contributed by atoms with Crippen molar-refractivity contribution in [2.45, 2.75) is 49.9 Å². The van der Waals surface area contributed by atoms with Crippen molar-refractivity contribution in [3.63, 3.8) is 0 Å². The van der Waals surface area contributed by atoms with Gasteiger partial charge < -0.3 is 10.1 Å². The van der Waals surface area contributed by atoms with E-state index in [9.17, 15) is 4.79 Å². The number of carbonyl (C=O) groups excluding carboxylic acids is 1. The average Bonchev–Trinajstić information content (AvgIpc) is 2.83. The van der Waals surface area contributed by atoms with E-state index in [4.69, 9.17) is 16.3 Å². The first-order valence-corrected chi connectivity index (χ1v) is 6.73. The van der Waals surface area contributed by atoms with Gasteiger partial charge in [0.15, 0.2) is 0 Å².